The molecule has 1 amide bonds. The normalized spacial score (nSPS) is 10.8. The molecule has 128 valence electrons. The van der Waals surface area contributed by atoms with E-state index in [-0.39, 0.29) is 5.91 Å². The molecule has 24 heavy (non-hydrogen) atoms. The molecule has 0 fully saturated rings. The van der Waals surface area contributed by atoms with Crippen molar-refractivity contribution in [1.82, 2.24) is 0 Å². The minimum atomic E-state index is -0.0628. The van der Waals surface area contributed by atoms with Crippen molar-refractivity contribution in [3.8, 4) is 11.1 Å². The first-order valence-corrected chi connectivity index (χ1v) is 11.9. The van der Waals surface area contributed by atoms with Crippen molar-refractivity contribution in [3.63, 3.8) is 0 Å². The van der Waals surface area contributed by atoms with Gasteiger partial charge in [-0.05, 0) is 103 Å². The summed E-state index contributed by atoms with van der Waals surface area (Å²) in [4.78, 5) is 12.9. The Kier molecular flexibility index (Phi) is 8.37. The second kappa shape index (κ2) is 9.57. The van der Waals surface area contributed by atoms with Gasteiger partial charge in [0.05, 0.1) is 5.69 Å². The van der Waals surface area contributed by atoms with E-state index >= 15 is 0 Å². The van der Waals surface area contributed by atoms with E-state index in [1.807, 2.05) is 11.8 Å². The molecule has 0 radical (unpaired) electrons. The van der Waals surface area contributed by atoms with Crippen molar-refractivity contribution in [3.05, 3.63) is 40.4 Å². The molecule has 7 heteroatoms. The molecule has 0 spiro atoms. The van der Waals surface area contributed by atoms with Gasteiger partial charge in [-0.25, -0.2) is 0 Å². The summed E-state index contributed by atoms with van der Waals surface area (Å²) in [6.45, 7) is 3.72. The second-order valence-electron chi connectivity index (χ2n) is 5.10. The maximum Gasteiger partial charge on any atom is 0.221 e. The number of carbonyl (C=O) groups excluding carboxylic acids is 1. The van der Waals surface area contributed by atoms with Crippen molar-refractivity contribution in [1.29, 1.82) is 0 Å². The van der Waals surface area contributed by atoms with E-state index in [9.17, 15) is 4.79 Å². The van der Waals surface area contributed by atoms with Crippen LogP contribution in [0.5, 0.6) is 0 Å². The van der Waals surface area contributed by atoms with Crippen LogP contribution in [0.3, 0.4) is 0 Å². The maximum atomic E-state index is 11.7. The van der Waals surface area contributed by atoms with Crippen LogP contribution >= 0.6 is 88.8 Å². The molecule has 0 aliphatic carbocycles. The smallest absolute Gasteiger partial charge is 0.221 e. The Morgan fingerprint density at radius 2 is 1.88 bits per heavy atom. The Morgan fingerprint density at radius 3 is 2.50 bits per heavy atom. The predicted octanol–water partition coefficient (Wildman–Crippen LogP) is 7.55. The van der Waals surface area contributed by atoms with Gasteiger partial charge in [-0.2, -0.15) is 0 Å². The monoisotopic (exact) mass is 693 g/mol. The maximum absolute atomic E-state index is 11.7. The van der Waals surface area contributed by atoms with Crippen LogP contribution < -0.4 is 5.32 Å². The van der Waals surface area contributed by atoms with Crippen molar-refractivity contribution >= 4 is 100 Å². The summed E-state index contributed by atoms with van der Waals surface area (Å²) >= 11 is 13.7. The molecule has 2 rings (SSSR count). The van der Waals surface area contributed by atoms with Crippen molar-refractivity contribution in [2.75, 3.05) is 11.1 Å². The van der Waals surface area contributed by atoms with E-state index in [1.54, 1.807) is 6.92 Å². The highest BCUT2D eigenvalue weighted by Gasteiger charge is 2.17. The molecule has 0 bridgehead atoms. The van der Waals surface area contributed by atoms with E-state index in [2.05, 4.69) is 114 Å². The number of hydrogen-bond acceptors (Lipinski definition) is 2. The molecule has 0 aliphatic rings. The Labute approximate surface area is 190 Å². The molecule has 0 unspecified atom stereocenters. The standard InChI is InChI=1S/C17H15Br2I2NOS/c1-3-4-24-17-13(5-10(18)6-14(17)19)12-7-11(20)8-15(21)16(12)22-9(2)23/h5-8H,3-4H2,1-2H3,(H,22,23). The summed E-state index contributed by atoms with van der Waals surface area (Å²) in [7, 11) is 0. The number of hydrogen-bond donors (Lipinski definition) is 1. The summed E-state index contributed by atoms with van der Waals surface area (Å²) < 4.78 is 4.25. The Hall–Kier alpha value is 0.680. The molecular formula is C17H15Br2I2NOS. The van der Waals surface area contributed by atoms with Crippen LogP contribution in [0.15, 0.2) is 38.1 Å². The van der Waals surface area contributed by atoms with Crippen LogP contribution in [0.1, 0.15) is 20.3 Å². The van der Waals surface area contributed by atoms with E-state index in [1.165, 1.54) is 4.90 Å². The summed E-state index contributed by atoms with van der Waals surface area (Å²) in [6, 6.07) is 8.38. The molecular weight excluding hydrogens is 680 g/mol. The lowest BCUT2D eigenvalue weighted by atomic mass is 10.0. The van der Waals surface area contributed by atoms with Crippen molar-refractivity contribution in [2.24, 2.45) is 0 Å². The Balaban J connectivity index is 2.72. The Morgan fingerprint density at radius 1 is 1.17 bits per heavy atom. The summed E-state index contributed by atoms with van der Waals surface area (Å²) in [6.07, 6.45) is 1.11. The molecule has 0 aliphatic heterocycles. The lowest BCUT2D eigenvalue weighted by Gasteiger charge is -2.18. The van der Waals surface area contributed by atoms with Crippen LogP contribution in [0, 0.1) is 7.14 Å². The van der Waals surface area contributed by atoms with E-state index < -0.39 is 0 Å². The quantitative estimate of drug-likeness (QED) is 0.259. The number of carbonyl (C=O) groups is 1. The fourth-order valence-corrected chi connectivity index (χ4v) is 6.68. The highest BCUT2D eigenvalue weighted by atomic mass is 127. The minimum absolute atomic E-state index is 0.0628. The second-order valence-corrected chi connectivity index (χ2v) is 10.4. The number of benzene rings is 2. The van der Waals surface area contributed by atoms with Gasteiger partial charge in [0.1, 0.15) is 0 Å². The molecule has 2 aromatic rings. The van der Waals surface area contributed by atoms with Gasteiger partial charge in [-0.1, -0.05) is 22.9 Å². The molecule has 2 nitrogen and oxygen atoms in total. The van der Waals surface area contributed by atoms with Gasteiger partial charge >= 0.3 is 0 Å². The highest BCUT2D eigenvalue weighted by molar-refractivity contribution is 14.1. The third kappa shape index (κ3) is 5.34. The fraction of sp³-hybridized carbons (Fsp3) is 0.235. The van der Waals surface area contributed by atoms with E-state index in [0.717, 1.165) is 45.1 Å². The van der Waals surface area contributed by atoms with Crippen molar-refractivity contribution < 1.29 is 4.79 Å². The van der Waals surface area contributed by atoms with Gasteiger partial charge in [-0.3, -0.25) is 4.79 Å². The number of amides is 1. The zero-order valence-corrected chi connectivity index (χ0v) is 21.4. The third-order valence-corrected chi connectivity index (χ3v) is 7.27. The van der Waals surface area contributed by atoms with Crippen molar-refractivity contribution in [2.45, 2.75) is 25.2 Å². The number of anilines is 1. The van der Waals surface area contributed by atoms with Gasteiger partial charge in [-0.15, -0.1) is 11.8 Å². The van der Waals surface area contributed by atoms with Crippen LogP contribution in [-0.4, -0.2) is 11.7 Å². The van der Waals surface area contributed by atoms with Gasteiger partial charge in [0.25, 0.3) is 0 Å². The zero-order valence-electron chi connectivity index (χ0n) is 13.1. The highest BCUT2D eigenvalue weighted by Crippen LogP contribution is 2.44. The molecule has 2 aromatic carbocycles. The molecule has 0 saturated heterocycles. The molecule has 0 saturated carbocycles. The Bertz CT molecular complexity index is 784. The van der Waals surface area contributed by atoms with E-state index in [4.69, 9.17) is 0 Å². The van der Waals surface area contributed by atoms with Gasteiger partial charge in [0.2, 0.25) is 5.91 Å². The van der Waals surface area contributed by atoms with Crippen LogP contribution in [0.25, 0.3) is 11.1 Å². The number of rotatable bonds is 5. The third-order valence-electron chi connectivity index (χ3n) is 3.11. The van der Waals surface area contributed by atoms with Crippen LogP contribution in [-0.2, 0) is 4.79 Å². The van der Waals surface area contributed by atoms with Gasteiger partial charge in [0, 0.05) is 33.5 Å². The molecule has 0 aromatic heterocycles. The number of nitrogens with one attached hydrogen (secondary N) is 1. The number of halogens is 4. The zero-order chi connectivity index (χ0) is 17.9. The number of thioether (sulfide) groups is 1. The van der Waals surface area contributed by atoms with Gasteiger partial charge in [0.15, 0.2) is 0 Å². The summed E-state index contributed by atoms with van der Waals surface area (Å²) in [5, 5.41) is 3.00. The topological polar surface area (TPSA) is 29.1 Å². The lowest BCUT2D eigenvalue weighted by Crippen LogP contribution is -2.09. The first-order chi connectivity index (χ1) is 11.3. The summed E-state index contributed by atoms with van der Waals surface area (Å²) in [5.74, 6) is 0.983. The first-order valence-electron chi connectivity index (χ1n) is 7.22. The van der Waals surface area contributed by atoms with Gasteiger partial charge < -0.3 is 5.32 Å². The van der Waals surface area contributed by atoms with Crippen LogP contribution in [0.4, 0.5) is 5.69 Å². The van der Waals surface area contributed by atoms with E-state index in [0.29, 0.717) is 0 Å². The largest absolute Gasteiger partial charge is 0.325 e. The predicted molar refractivity (Wildman–Crippen MR) is 128 cm³/mol. The average Bonchev–Trinajstić information content (AvgIpc) is 2.48. The molecule has 0 heterocycles. The first kappa shape index (κ1) is 21.0. The lowest BCUT2D eigenvalue weighted by molar-refractivity contribution is -0.114. The summed E-state index contributed by atoms with van der Waals surface area (Å²) in [5.41, 5.74) is 3.03. The molecule has 1 N–H and O–H groups in total. The SMILES string of the molecule is CCCSc1c(Br)cc(Br)cc1-c1cc(I)cc(I)c1NC(C)=O. The fourth-order valence-electron chi connectivity index (χ4n) is 2.20. The van der Waals surface area contributed by atoms with Crippen LogP contribution in [0.2, 0.25) is 0 Å². The average molecular weight is 695 g/mol. The molecule has 0 atom stereocenters. The minimum Gasteiger partial charge on any atom is -0.325 e.